The molecule has 2 aromatic rings. The lowest BCUT2D eigenvalue weighted by Crippen LogP contribution is -2.05. The number of hydrogen-bond acceptors (Lipinski definition) is 7. The molecule has 144 valence electrons. The van der Waals surface area contributed by atoms with Crippen LogP contribution in [-0.2, 0) is 14.3 Å². The first-order valence-corrected chi connectivity index (χ1v) is 8.62. The van der Waals surface area contributed by atoms with Crippen LogP contribution in [0.4, 0.5) is 0 Å². The summed E-state index contributed by atoms with van der Waals surface area (Å²) in [5.41, 5.74) is 1.42. The van der Waals surface area contributed by atoms with Gasteiger partial charge in [-0.25, -0.2) is 9.79 Å². The van der Waals surface area contributed by atoms with Gasteiger partial charge in [0, 0.05) is 12.5 Å². The Labute approximate surface area is 162 Å². The first-order valence-electron chi connectivity index (χ1n) is 8.62. The van der Waals surface area contributed by atoms with E-state index in [0.717, 1.165) is 5.75 Å². The smallest absolute Gasteiger partial charge is 0.363 e. The van der Waals surface area contributed by atoms with Crippen molar-refractivity contribution in [2.75, 3.05) is 13.7 Å². The molecular weight excluding hydrogens is 362 g/mol. The summed E-state index contributed by atoms with van der Waals surface area (Å²) in [5, 5.41) is 0. The lowest BCUT2D eigenvalue weighted by atomic mass is 10.1. The fourth-order valence-corrected chi connectivity index (χ4v) is 2.57. The third kappa shape index (κ3) is 4.37. The summed E-state index contributed by atoms with van der Waals surface area (Å²) in [7, 11) is 1.47. The van der Waals surface area contributed by atoms with E-state index in [1.54, 1.807) is 48.5 Å². The lowest BCUT2D eigenvalue weighted by molar-refractivity contribution is -0.132. The van der Waals surface area contributed by atoms with Gasteiger partial charge in [-0.1, -0.05) is 6.07 Å². The van der Waals surface area contributed by atoms with Gasteiger partial charge in [-0.3, -0.25) is 4.79 Å². The van der Waals surface area contributed by atoms with Crippen LogP contribution in [0.5, 0.6) is 17.2 Å². The SMILES string of the molecule is CCOc1ccc(C2=N/C(=C\c3ccc(OC)c(OC(C)=O)c3)C(=O)O2)cc1. The molecule has 0 fully saturated rings. The summed E-state index contributed by atoms with van der Waals surface area (Å²) in [5.74, 6) is 0.570. The predicted molar refractivity (Wildman–Crippen MR) is 103 cm³/mol. The van der Waals surface area contributed by atoms with Crippen molar-refractivity contribution < 1.29 is 28.5 Å². The monoisotopic (exact) mass is 381 g/mol. The average molecular weight is 381 g/mol. The van der Waals surface area contributed by atoms with E-state index in [1.807, 2.05) is 6.92 Å². The van der Waals surface area contributed by atoms with Crippen molar-refractivity contribution in [3.8, 4) is 17.2 Å². The summed E-state index contributed by atoms with van der Waals surface area (Å²) in [6.07, 6.45) is 1.55. The van der Waals surface area contributed by atoms with Gasteiger partial charge in [-0.05, 0) is 55.0 Å². The minimum Gasteiger partial charge on any atom is -0.494 e. The molecule has 7 nitrogen and oxygen atoms in total. The molecule has 0 radical (unpaired) electrons. The molecule has 2 aromatic carbocycles. The number of aliphatic imine (C=N–C) groups is 1. The second-order valence-corrected chi connectivity index (χ2v) is 5.80. The van der Waals surface area contributed by atoms with Crippen molar-refractivity contribution in [3.05, 3.63) is 59.3 Å². The molecular formula is C21H19NO6. The van der Waals surface area contributed by atoms with Gasteiger partial charge >= 0.3 is 11.9 Å². The molecule has 0 aliphatic carbocycles. The molecule has 0 saturated carbocycles. The van der Waals surface area contributed by atoms with Gasteiger partial charge in [0.25, 0.3) is 0 Å². The number of nitrogens with zero attached hydrogens (tertiary/aromatic N) is 1. The van der Waals surface area contributed by atoms with Crippen LogP contribution >= 0.6 is 0 Å². The summed E-state index contributed by atoms with van der Waals surface area (Å²) < 4.78 is 21.0. The highest BCUT2D eigenvalue weighted by molar-refractivity contribution is 6.12. The number of carbonyl (C=O) groups excluding carboxylic acids is 2. The van der Waals surface area contributed by atoms with E-state index in [0.29, 0.717) is 23.5 Å². The van der Waals surface area contributed by atoms with E-state index in [2.05, 4.69) is 4.99 Å². The summed E-state index contributed by atoms with van der Waals surface area (Å²) in [6.45, 7) is 3.77. The van der Waals surface area contributed by atoms with Crippen molar-refractivity contribution >= 4 is 23.9 Å². The van der Waals surface area contributed by atoms with Crippen LogP contribution in [-0.4, -0.2) is 31.6 Å². The number of benzene rings is 2. The van der Waals surface area contributed by atoms with Crippen LogP contribution in [0.1, 0.15) is 25.0 Å². The van der Waals surface area contributed by atoms with Crippen LogP contribution in [0, 0.1) is 0 Å². The van der Waals surface area contributed by atoms with Gasteiger partial charge in [0.05, 0.1) is 13.7 Å². The highest BCUT2D eigenvalue weighted by Gasteiger charge is 2.24. The quantitative estimate of drug-likeness (QED) is 0.433. The normalized spacial score (nSPS) is 14.5. The number of carbonyl (C=O) groups is 2. The Morgan fingerprint density at radius 1 is 1.14 bits per heavy atom. The van der Waals surface area contributed by atoms with Gasteiger partial charge in [0.2, 0.25) is 5.90 Å². The molecule has 0 N–H and O–H groups in total. The zero-order valence-electron chi connectivity index (χ0n) is 15.7. The Bertz CT molecular complexity index is 959. The topological polar surface area (TPSA) is 83.4 Å². The molecule has 3 rings (SSSR count). The third-order valence-electron chi connectivity index (χ3n) is 3.78. The van der Waals surface area contributed by atoms with Crippen molar-refractivity contribution in [2.24, 2.45) is 4.99 Å². The molecule has 1 aliphatic rings. The first-order chi connectivity index (χ1) is 13.5. The van der Waals surface area contributed by atoms with Crippen molar-refractivity contribution in [2.45, 2.75) is 13.8 Å². The van der Waals surface area contributed by atoms with E-state index in [9.17, 15) is 9.59 Å². The Balaban J connectivity index is 1.87. The average Bonchev–Trinajstić information content (AvgIpc) is 3.03. The minimum atomic E-state index is -0.561. The number of hydrogen-bond donors (Lipinski definition) is 0. The Morgan fingerprint density at radius 2 is 1.89 bits per heavy atom. The zero-order valence-corrected chi connectivity index (χ0v) is 15.7. The molecule has 0 amide bonds. The van der Waals surface area contributed by atoms with Crippen molar-refractivity contribution in [1.29, 1.82) is 0 Å². The number of cyclic esters (lactones) is 1. The van der Waals surface area contributed by atoms with E-state index in [4.69, 9.17) is 18.9 Å². The van der Waals surface area contributed by atoms with Crippen molar-refractivity contribution in [1.82, 2.24) is 0 Å². The summed E-state index contributed by atoms with van der Waals surface area (Å²) in [6, 6.07) is 12.1. The Kier molecular flexibility index (Phi) is 5.74. The number of methoxy groups -OCH3 is 1. The number of esters is 2. The van der Waals surface area contributed by atoms with Crippen LogP contribution in [0.15, 0.2) is 53.2 Å². The van der Waals surface area contributed by atoms with Crippen LogP contribution in [0.3, 0.4) is 0 Å². The van der Waals surface area contributed by atoms with Crippen LogP contribution in [0.2, 0.25) is 0 Å². The molecule has 0 unspecified atom stereocenters. The molecule has 1 aliphatic heterocycles. The van der Waals surface area contributed by atoms with E-state index in [-0.39, 0.29) is 17.3 Å². The van der Waals surface area contributed by atoms with E-state index in [1.165, 1.54) is 14.0 Å². The van der Waals surface area contributed by atoms with Crippen LogP contribution in [0.25, 0.3) is 6.08 Å². The molecule has 0 saturated heterocycles. The highest BCUT2D eigenvalue weighted by atomic mass is 16.6. The second-order valence-electron chi connectivity index (χ2n) is 5.80. The fourth-order valence-electron chi connectivity index (χ4n) is 2.57. The number of rotatable bonds is 6. The largest absolute Gasteiger partial charge is 0.494 e. The van der Waals surface area contributed by atoms with Crippen molar-refractivity contribution in [3.63, 3.8) is 0 Å². The van der Waals surface area contributed by atoms with Gasteiger partial charge in [-0.15, -0.1) is 0 Å². The van der Waals surface area contributed by atoms with Gasteiger partial charge in [0.15, 0.2) is 17.2 Å². The summed E-state index contributed by atoms with van der Waals surface area (Å²) >= 11 is 0. The molecule has 7 heteroatoms. The van der Waals surface area contributed by atoms with Gasteiger partial charge < -0.3 is 18.9 Å². The second kappa shape index (κ2) is 8.39. The van der Waals surface area contributed by atoms with E-state index < -0.39 is 11.9 Å². The predicted octanol–water partition coefficient (Wildman–Crippen LogP) is 3.36. The molecule has 0 atom stereocenters. The maximum absolute atomic E-state index is 12.2. The molecule has 0 spiro atoms. The minimum absolute atomic E-state index is 0.142. The molecule has 1 heterocycles. The van der Waals surface area contributed by atoms with Crippen LogP contribution < -0.4 is 14.2 Å². The maximum atomic E-state index is 12.2. The standard InChI is InChI=1S/C21H19NO6/c1-4-26-16-8-6-15(7-9-16)20-22-17(21(24)28-20)11-14-5-10-18(25-3)19(12-14)27-13(2)23/h5-12H,4H2,1-3H3/b17-11-. The number of ether oxygens (including phenoxy) is 4. The van der Waals surface area contributed by atoms with Gasteiger partial charge in [-0.2, -0.15) is 0 Å². The lowest BCUT2D eigenvalue weighted by Gasteiger charge is -2.08. The Hall–Kier alpha value is -3.61. The fraction of sp³-hybridized carbons (Fsp3) is 0.190. The maximum Gasteiger partial charge on any atom is 0.363 e. The molecule has 28 heavy (non-hydrogen) atoms. The zero-order chi connectivity index (χ0) is 20.1. The van der Waals surface area contributed by atoms with Gasteiger partial charge in [0.1, 0.15) is 5.75 Å². The Morgan fingerprint density at radius 3 is 2.54 bits per heavy atom. The third-order valence-corrected chi connectivity index (χ3v) is 3.78. The molecule has 0 bridgehead atoms. The summed E-state index contributed by atoms with van der Waals surface area (Å²) in [4.78, 5) is 27.7. The van der Waals surface area contributed by atoms with E-state index >= 15 is 0 Å². The highest BCUT2D eigenvalue weighted by Crippen LogP contribution is 2.30. The molecule has 0 aromatic heterocycles. The first kappa shape index (κ1) is 19.2.